The van der Waals surface area contributed by atoms with Crippen LogP contribution in [0.1, 0.15) is 22.0 Å². The van der Waals surface area contributed by atoms with Crippen molar-refractivity contribution in [1.82, 2.24) is 4.90 Å². The van der Waals surface area contributed by atoms with Crippen molar-refractivity contribution in [1.29, 1.82) is 0 Å². The number of amides is 1. The van der Waals surface area contributed by atoms with Crippen LogP contribution < -0.4 is 5.73 Å². The first-order valence-corrected chi connectivity index (χ1v) is 8.63. The third-order valence-corrected chi connectivity index (χ3v) is 4.34. The molecule has 0 radical (unpaired) electrons. The third-order valence-electron chi connectivity index (χ3n) is 4.34. The van der Waals surface area contributed by atoms with Crippen molar-refractivity contribution in [2.24, 2.45) is 0 Å². The lowest BCUT2D eigenvalue weighted by molar-refractivity contribution is -0.384. The summed E-state index contributed by atoms with van der Waals surface area (Å²) in [6.07, 6.45) is -1.15. The molecule has 1 saturated heterocycles. The van der Waals surface area contributed by atoms with Crippen molar-refractivity contribution in [3.63, 3.8) is 0 Å². The number of nitro benzene ring substituents is 1. The molecule has 2 aromatic carbocycles. The number of anilines is 1. The molecule has 1 fully saturated rings. The van der Waals surface area contributed by atoms with Gasteiger partial charge in [0.05, 0.1) is 29.4 Å². The summed E-state index contributed by atoms with van der Waals surface area (Å²) in [5, 5.41) is 10.8. The minimum absolute atomic E-state index is 0.0405. The van der Waals surface area contributed by atoms with E-state index in [0.29, 0.717) is 31.9 Å². The van der Waals surface area contributed by atoms with E-state index in [1.807, 2.05) is 0 Å². The number of nitrogen functional groups attached to an aromatic ring is 1. The lowest BCUT2D eigenvalue weighted by Gasteiger charge is -2.30. The molecule has 0 spiro atoms. The molecule has 1 amide bonds. The molecule has 1 aliphatic rings. The molecular formula is C19H19N3O6. The van der Waals surface area contributed by atoms with Gasteiger partial charge in [-0.2, -0.15) is 0 Å². The predicted octanol–water partition coefficient (Wildman–Crippen LogP) is 1.93. The summed E-state index contributed by atoms with van der Waals surface area (Å²) in [5.41, 5.74) is 5.93. The summed E-state index contributed by atoms with van der Waals surface area (Å²) in [6.45, 7) is 1.63. The molecule has 0 aromatic heterocycles. The Morgan fingerprint density at radius 2 is 1.82 bits per heavy atom. The molecule has 3 rings (SSSR count). The zero-order chi connectivity index (χ0) is 20.1. The van der Waals surface area contributed by atoms with Crippen molar-refractivity contribution in [3.05, 3.63) is 69.8 Å². The largest absolute Gasteiger partial charge is 0.444 e. The molecule has 9 nitrogen and oxygen atoms in total. The first kappa shape index (κ1) is 19.3. The number of carbonyl (C=O) groups is 2. The summed E-state index contributed by atoms with van der Waals surface area (Å²) in [4.78, 5) is 37.4. The van der Waals surface area contributed by atoms with Gasteiger partial charge < -0.3 is 20.1 Å². The van der Waals surface area contributed by atoms with Gasteiger partial charge in [0.1, 0.15) is 0 Å². The van der Waals surface area contributed by atoms with Crippen LogP contribution in [-0.4, -0.2) is 48.0 Å². The van der Waals surface area contributed by atoms with Crippen LogP contribution >= 0.6 is 0 Å². The molecule has 1 heterocycles. The lowest BCUT2D eigenvalue weighted by atomic mass is 10.1. The number of morpholine rings is 1. The van der Waals surface area contributed by atoms with Gasteiger partial charge in [-0.1, -0.05) is 30.3 Å². The van der Waals surface area contributed by atoms with E-state index in [9.17, 15) is 19.7 Å². The fourth-order valence-electron chi connectivity index (χ4n) is 2.86. The van der Waals surface area contributed by atoms with Gasteiger partial charge in [-0.25, -0.2) is 4.79 Å². The molecule has 1 aliphatic heterocycles. The van der Waals surface area contributed by atoms with E-state index >= 15 is 0 Å². The number of carbonyl (C=O) groups excluding carboxylic acids is 2. The monoisotopic (exact) mass is 385 g/mol. The summed E-state index contributed by atoms with van der Waals surface area (Å²) >= 11 is 0. The molecule has 28 heavy (non-hydrogen) atoms. The molecule has 9 heteroatoms. The highest BCUT2D eigenvalue weighted by molar-refractivity contribution is 5.97. The van der Waals surface area contributed by atoms with E-state index in [1.54, 1.807) is 35.2 Å². The van der Waals surface area contributed by atoms with Gasteiger partial charge in [0.25, 0.3) is 11.6 Å². The minimum atomic E-state index is -1.15. The lowest BCUT2D eigenvalue weighted by Crippen LogP contribution is -2.44. The Balaban J connectivity index is 1.86. The molecule has 0 unspecified atom stereocenters. The van der Waals surface area contributed by atoms with Crippen molar-refractivity contribution >= 4 is 23.3 Å². The van der Waals surface area contributed by atoms with Crippen molar-refractivity contribution in [3.8, 4) is 0 Å². The standard InChI is InChI=1S/C19H19N3O6/c20-16-12-14(22(25)26)6-7-15(16)19(24)28-17(13-4-2-1-3-5-13)18(23)21-8-10-27-11-9-21/h1-7,12,17H,8-11,20H2/t17-/m1/s1. The Bertz CT molecular complexity index is 880. The highest BCUT2D eigenvalue weighted by Gasteiger charge is 2.31. The summed E-state index contributed by atoms with van der Waals surface area (Å²) in [7, 11) is 0. The van der Waals surface area contributed by atoms with Crippen molar-refractivity contribution < 1.29 is 24.0 Å². The fourth-order valence-corrected chi connectivity index (χ4v) is 2.86. The van der Waals surface area contributed by atoms with E-state index in [4.69, 9.17) is 15.2 Å². The highest BCUT2D eigenvalue weighted by atomic mass is 16.6. The SMILES string of the molecule is Nc1cc([N+](=O)[O-])ccc1C(=O)O[C@@H](C(=O)N1CCOCC1)c1ccccc1. The van der Waals surface area contributed by atoms with E-state index in [2.05, 4.69) is 0 Å². The van der Waals surface area contributed by atoms with Crippen molar-refractivity contribution in [2.75, 3.05) is 32.0 Å². The fraction of sp³-hybridized carbons (Fsp3) is 0.263. The van der Waals surface area contributed by atoms with Crippen LogP contribution in [0.15, 0.2) is 48.5 Å². The number of ether oxygens (including phenoxy) is 2. The van der Waals surface area contributed by atoms with Crippen LogP contribution in [0.4, 0.5) is 11.4 Å². The molecule has 146 valence electrons. The van der Waals surface area contributed by atoms with E-state index in [1.165, 1.54) is 6.07 Å². The van der Waals surface area contributed by atoms with Crippen molar-refractivity contribution in [2.45, 2.75) is 6.10 Å². The number of nitro groups is 1. The molecule has 0 aliphatic carbocycles. The number of nitrogens with zero attached hydrogens (tertiary/aromatic N) is 2. The van der Waals surface area contributed by atoms with Crippen LogP contribution in [0.3, 0.4) is 0 Å². The second-order valence-corrected chi connectivity index (χ2v) is 6.16. The van der Waals surface area contributed by atoms with Gasteiger partial charge in [0.15, 0.2) is 0 Å². The maximum Gasteiger partial charge on any atom is 0.341 e. The average Bonchev–Trinajstić information content (AvgIpc) is 2.72. The molecular weight excluding hydrogens is 366 g/mol. The van der Waals surface area contributed by atoms with Crippen LogP contribution in [0.2, 0.25) is 0 Å². The summed E-state index contributed by atoms with van der Waals surface area (Å²) < 4.78 is 10.8. The van der Waals surface area contributed by atoms with Crippen LogP contribution in [0, 0.1) is 10.1 Å². The number of hydrogen-bond acceptors (Lipinski definition) is 7. The number of rotatable bonds is 5. The second-order valence-electron chi connectivity index (χ2n) is 6.16. The smallest absolute Gasteiger partial charge is 0.341 e. The summed E-state index contributed by atoms with van der Waals surface area (Å²) in [5.74, 6) is -1.19. The molecule has 2 N–H and O–H groups in total. The zero-order valence-corrected chi connectivity index (χ0v) is 14.9. The minimum Gasteiger partial charge on any atom is -0.444 e. The summed E-state index contributed by atoms with van der Waals surface area (Å²) in [6, 6.07) is 12.1. The van der Waals surface area contributed by atoms with E-state index in [0.717, 1.165) is 12.1 Å². The second kappa shape index (κ2) is 8.49. The Morgan fingerprint density at radius 3 is 2.43 bits per heavy atom. The first-order valence-electron chi connectivity index (χ1n) is 8.63. The van der Waals surface area contributed by atoms with Gasteiger partial charge in [-0.05, 0) is 6.07 Å². The Labute approximate surface area is 160 Å². The maximum absolute atomic E-state index is 13.0. The molecule has 0 bridgehead atoms. The first-order chi connectivity index (χ1) is 13.5. The number of hydrogen-bond donors (Lipinski definition) is 1. The van der Waals surface area contributed by atoms with Crippen LogP contribution in [0.25, 0.3) is 0 Å². The predicted molar refractivity (Wildman–Crippen MR) is 99.5 cm³/mol. The molecule has 1 atom stereocenters. The van der Waals surface area contributed by atoms with Gasteiger partial charge in [-0.3, -0.25) is 14.9 Å². The van der Waals surface area contributed by atoms with Gasteiger partial charge in [-0.15, -0.1) is 0 Å². The molecule has 2 aromatic rings. The van der Waals surface area contributed by atoms with Gasteiger partial charge >= 0.3 is 5.97 Å². The zero-order valence-electron chi connectivity index (χ0n) is 14.9. The average molecular weight is 385 g/mol. The Kier molecular flexibility index (Phi) is 5.85. The number of esters is 1. The van der Waals surface area contributed by atoms with Crippen LogP contribution in [0.5, 0.6) is 0 Å². The van der Waals surface area contributed by atoms with E-state index in [-0.39, 0.29) is 22.8 Å². The van der Waals surface area contributed by atoms with Gasteiger partial charge in [0.2, 0.25) is 6.10 Å². The Hall–Kier alpha value is -3.46. The topological polar surface area (TPSA) is 125 Å². The Morgan fingerprint density at radius 1 is 1.14 bits per heavy atom. The number of non-ortho nitro benzene ring substituents is 1. The maximum atomic E-state index is 13.0. The third kappa shape index (κ3) is 4.26. The van der Waals surface area contributed by atoms with Crippen LogP contribution in [-0.2, 0) is 14.3 Å². The highest BCUT2D eigenvalue weighted by Crippen LogP contribution is 2.26. The number of benzene rings is 2. The molecule has 0 saturated carbocycles. The van der Waals surface area contributed by atoms with Gasteiger partial charge in [0, 0.05) is 30.8 Å². The number of nitrogens with two attached hydrogens (primary N) is 1. The van der Waals surface area contributed by atoms with E-state index < -0.39 is 17.0 Å². The quantitative estimate of drug-likeness (QED) is 0.361. The normalized spacial score (nSPS) is 14.9.